The number of rotatable bonds is 10. The van der Waals surface area contributed by atoms with Crippen molar-refractivity contribution in [1.82, 2.24) is 10.6 Å². The molecule has 0 aliphatic heterocycles. The normalized spacial score (nSPS) is 10.4. The van der Waals surface area contributed by atoms with Crippen molar-refractivity contribution < 1.29 is 14.3 Å². The van der Waals surface area contributed by atoms with E-state index in [1.807, 2.05) is 24.3 Å². The fourth-order valence-corrected chi connectivity index (χ4v) is 2.01. The Hall–Kier alpha value is -1.77. The lowest BCUT2D eigenvalue weighted by Crippen LogP contribution is -2.37. The van der Waals surface area contributed by atoms with Crippen molar-refractivity contribution in [3.8, 4) is 5.75 Å². The Bertz CT molecular complexity index is 550. The van der Waals surface area contributed by atoms with Crippen LogP contribution in [0.4, 0.5) is 0 Å². The number of carbonyl (C=O) groups excluding carboxylic acids is 1. The monoisotopic (exact) mass is 461 g/mol. The van der Waals surface area contributed by atoms with Crippen LogP contribution < -0.4 is 15.4 Å². The molecule has 0 amide bonds. The Kier molecular flexibility index (Phi) is 13.5. The number of hydrogen-bond donors (Lipinski definition) is 2. The van der Waals surface area contributed by atoms with Gasteiger partial charge in [-0.2, -0.15) is 0 Å². The second kappa shape index (κ2) is 14.6. The van der Waals surface area contributed by atoms with Gasteiger partial charge in [0.15, 0.2) is 5.96 Å². The van der Waals surface area contributed by atoms with E-state index in [1.165, 1.54) is 0 Å². The van der Waals surface area contributed by atoms with E-state index in [4.69, 9.17) is 9.47 Å². The molecule has 1 aromatic carbocycles. The van der Waals surface area contributed by atoms with Crippen LogP contribution in [0.5, 0.6) is 5.75 Å². The molecule has 1 aromatic rings. The van der Waals surface area contributed by atoms with Crippen molar-refractivity contribution in [2.45, 2.75) is 26.3 Å². The Labute approximate surface area is 167 Å². The lowest BCUT2D eigenvalue weighted by atomic mass is 10.2. The summed E-state index contributed by atoms with van der Waals surface area (Å²) in [6.45, 7) is 7.58. The van der Waals surface area contributed by atoms with Crippen molar-refractivity contribution >= 4 is 35.9 Å². The van der Waals surface area contributed by atoms with Crippen LogP contribution >= 0.6 is 24.0 Å². The van der Waals surface area contributed by atoms with Gasteiger partial charge in [0, 0.05) is 32.1 Å². The van der Waals surface area contributed by atoms with E-state index in [0.29, 0.717) is 45.1 Å². The molecule has 0 saturated heterocycles. The molecule has 0 aliphatic rings. The molecule has 0 aliphatic carbocycles. The summed E-state index contributed by atoms with van der Waals surface area (Å²) in [5.74, 6) is 1.33. The van der Waals surface area contributed by atoms with E-state index in [9.17, 15) is 4.79 Å². The van der Waals surface area contributed by atoms with Gasteiger partial charge in [0.2, 0.25) is 0 Å². The number of para-hydroxylation sites is 1. The molecule has 0 fully saturated rings. The van der Waals surface area contributed by atoms with Gasteiger partial charge in [-0.05, 0) is 19.4 Å². The van der Waals surface area contributed by atoms with Crippen molar-refractivity contribution in [1.29, 1.82) is 0 Å². The van der Waals surface area contributed by atoms with Gasteiger partial charge >= 0.3 is 5.97 Å². The minimum absolute atomic E-state index is 0. The standard InChI is InChI=1S/C18H27N3O3.HI/c1-4-13-24-16-10-7-6-9-15(16)14-21-18(19-3)20-12-8-11-17(22)23-5-2;/h4,6-7,9-10H,1,5,8,11-14H2,2-3H3,(H2,19,20,21);1H. The summed E-state index contributed by atoms with van der Waals surface area (Å²) in [7, 11) is 1.71. The summed E-state index contributed by atoms with van der Waals surface area (Å²) < 4.78 is 10.5. The molecule has 0 aromatic heterocycles. The second-order valence-electron chi connectivity index (χ2n) is 4.97. The van der Waals surface area contributed by atoms with E-state index in [1.54, 1.807) is 20.0 Å². The van der Waals surface area contributed by atoms with Crippen LogP contribution in [0.1, 0.15) is 25.3 Å². The first kappa shape index (κ1) is 23.2. The number of benzene rings is 1. The third-order valence-corrected chi connectivity index (χ3v) is 3.15. The molecule has 140 valence electrons. The SMILES string of the molecule is C=CCOc1ccccc1CNC(=NC)NCCCC(=O)OCC.I. The summed E-state index contributed by atoms with van der Waals surface area (Å²) in [6, 6.07) is 7.83. The highest BCUT2D eigenvalue weighted by Gasteiger charge is 2.05. The maximum Gasteiger partial charge on any atom is 0.305 e. The summed E-state index contributed by atoms with van der Waals surface area (Å²) >= 11 is 0. The van der Waals surface area contributed by atoms with Gasteiger partial charge in [0.1, 0.15) is 12.4 Å². The van der Waals surface area contributed by atoms with Crippen LogP contribution in [0.15, 0.2) is 41.9 Å². The van der Waals surface area contributed by atoms with Crippen molar-refractivity contribution in [2.24, 2.45) is 4.99 Å². The first-order valence-electron chi connectivity index (χ1n) is 8.13. The molecule has 25 heavy (non-hydrogen) atoms. The lowest BCUT2D eigenvalue weighted by Gasteiger charge is -2.14. The molecule has 0 heterocycles. The van der Waals surface area contributed by atoms with Crippen LogP contribution in [0, 0.1) is 0 Å². The van der Waals surface area contributed by atoms with Gasteiger partial charge < -0.3 is 20.1 Å². The number of halogens is 1. The number of nitrogens with zero attached hydrogens (tertiary/aromatic N) is 1. The van der Waals surface area contributed by atoms with Crippen molar-refractivity contribution in [3.63, 3.8) is 0 Å². The molecule has 0 atom stereocenters. The molecule has 6 nitrogen and oxygen atoms in total. The number of guanidine groups is 1. The molecule has 7 heteroatoms. The average molecular weight is 461 g/mol. The summed E-state index contributed by atoms with van der Waals surface area (Å²) in [5.41, 5.74) is 1.04. The fraction of sp³-hybridized carbons (Fsp3) is 0.444. The highest BCUT2D eigenvalue weighted by atomic mass is 127. The van der Waals surface area contributed by atoms with Crippen LogP contribution in [-0.4, -0.2) is 38.7 Å². The average Bonchev–Trinajstić information content (AvgIpc) is 2.60. The van der Waals surface area contributed by atoms with E-state index in [2.05, 4.69) is 22.2 Å². The second-order valence-corrected chi connectivity index (χ2v) is 4.97. The highest BCUT2D eigenvalue weighted by Crippen LogP contribution is 2.17. The van der Waals surface area contributed by atoms with E-state index in [-0.39, 0.29) is 29.9 Å². The largest absolute Gasteiger partial charge is 0.489 e. The molecular weight excluding hydrogens is 433 g/mol. The van der Waals surface area contributed by atoms with E-state index >= 15 is 0 Å². The molecule has 0 unspecified atom stereocenters. The highest BCUT2D eigenvalue weighted by molar-refractivity contribution is 14.0. The third kappa shape index (κ3) is 9.96. The topological polar surface area (TPSA) is 72.0 Å². The number of nitrogens with one attached hydrogen (secondary N) is 2. The summed E-state index contributed by atoms with van der Waals surface area (Å²) in [6.07, 6.45) is 2.81. The van der Waals surface area contributed by atoms with Crippen molar-refractivity contribution in [2.75, 3.05) is 26.8 Å². The summed E-state index contributed by atoms with van der Waals surface area (Å²) in [4.78, 5) is 15.4. The quantitative estimate of drug-likeness (QED) is 0.140. The first-order chi connectivity index (χ1) is 11.7. The van der Waals surface area contributed by atoms with Gasteiger partial charge in [0.05, 0.1) is 6.61 Å². The van der Waals surface area contributed by atoms with Crippen LogP contribution in [0.25, 0.3) is 0 Å². The fourth-order valence-electron chi connectivity index (χ4n) is 2.01. The molecule has 0 bridgehead atoms. The number of ether oxygens (including phenoxy) is 2. The van der Waals surface area contributed by atoms with Crippen LogP contribution in [0.2, 0.25) is 0 Å². The van der Waals surface area contributed by atoms with Gasteiger partial charge in [-0.3, -0.25) is 9.79 Å². The van der Waals surface area contributed by atoms with E-state index in [0.717, 1.165) is 11.3 Å². The Morgan fingerprint density at radius 2 is 2.08 bits per heavy atom. The lowest BCUT2D eigenvalue weighted by molar-refractivity contribution is -0.143. The Balaban J connectivity index is 0.00000576. The predicted molar refractivity (Wildman–Crippen MR) is 112 cm³/mol. The molecule has 2 N–H and O–H groups in total. The van der Waals surface area contributed by atoms with Crippen LogP contribution in [-0.2, 0) is 16.1 Å². The molecule has 0 radical (unpaired) electrons. The zero-order valence-electron chi connectivity index (χ0n) is 14.9. The molecule has 1 rings (SSSR count). The zero-order chi connectivity index (χ0) is 17.6. The zero-order valence-corrected chi connectivity index (χ0v) is 17.2. The smallest absolute Gasteiger partial charge is 0.305 e. The van der Waals surface area contributed by atoms with E-state index < -0.39 is 0 Å². The third-order valence-electron chi connectivity index (χ3n) is 3.15. The van der Waals surface area contributed by atoms with Gasteiger partial charge in [-0.25, -0.2) is 0 Å². The number of aliphatic imine (C=N–C) groups is 1. The maximum absolute atomic E-state index is 11.3. The summed E-state index contributed by atoms with van der Waals surface area (Å²) in [5, 5.41) is 6.41. The number of esters is 1. The minimum Gasteiger partial charge on any atom is -0.489 e. The Morgan fingerprint density at radius 3 is 2.76 bits per heavy atom. The first-order valence-corrected chi connectivity index (χ1v) is 8.13. The van der Waals surface area contributed by atoms with Gasteiger partial charge in [-0.15, -0.1) is 24.0 Å². The number of hydrogen-bond acceptors (Lipinski definition) is 4. The van der Waals surface area contributed by atoms with Crippen LogP contribution in [0.3, 0.4) is 0 Å². The molecule has 0 spiro atoms. The van der Waals surface area contributed by atoms with Crippen molar-refractivity contribution in [3.05, 3.63) is 42.5 Å². The minimum atomic E-state index is -0.171. The van der Waals surface area contributed by atoms with Gasteiger partial charge in [0.25, 0.3) is 0 Å². The predicted octanol–water partition coefficient (Wildman–Crippen LogP) is 2.88. The molecular formula is C18H28IN3O3. The molecule has 0 saturated carbocycles. The van der Waals surface area contributed by atoms with Gasteiger partial charge in [-0.1, -0.05) is 30.9 Å². The maximum atomic E-state index is 11.3. The number of carbonyl (C=O) groups is 1. The Morgan fingerprint density at radius 1 is 1.32 bits per heavy atom.